The summed E-state index contributed by atoms with van der Waals surface area (Å²) >= 11 is 0. The third-order valence-electron chi connectivity index (χ3n) is 1.77. The summed E-state index contributed by atoms with van der Waals surface area (Å²) in [6, 6.07) is 0.136. The zero-order valence-electron chi connectivity index (χ0n) is 7.48. The van der Waals surface area contributed by atoms with Gasteiger partial charge >= 0.3 is 0 Å². The first-order valence-electron chi connectivity index (χ1n) is 4.28. The monoisotopic (exact) mass is 181 g/mol. The van der Waals surface area contributed by atoms with Gasteiger partial charge in [-0.15, -0.1) is 0 Å². The molecule has 1 atom stereocenters. The molecule has 0 bridgehead atoms. The van der Waals surface area contributed by atoms with Gasteiger partial charge in [0.2, 0.25) is 5.96 Å². The van der Waals surface area contributed by atoms with Gasteiger partial charge < -0.3 is 17.2 Å². The minimum Gasteiger partial charge on any atom is -0.370 e. The van der Waals surface area contributed by atoms with Gasteiger partial charge in [0, 0.05) is 0 Å². The minimum atomic E-state index is -0.0546. The lowest BCUT2D eigenvalue weighted by Gasteiger charge is -2.11. The first-order chi connectivity index (χ1) is 6.18. The molecule has 5 heteroatoms. The van der Waals surface area contributed by atoms with Crippen molar-refractivity contribution in [2.24, 2.45) is 27.2 Å². The summed E-state index contributed by atoms with van der Waals surface area (Å²) in [6.45, 7) is 0. The summed E-state index contributed by atoms with van der Waals surface area (Å²) in [5.41, 5.74) is 15.8. The lowest BCUT2D eigenvalue weighted by Crippen LogP contribution is -2.27. The normalized spacial score (nSPS) is 22.8. The molecule has 0 fully saturated rings. The van der Waals surface area contributed by atoms with E-state index in [1.54, 1.807) is 0 Å². The van der Waals surface area contributed by atoms with Gasteiger partial charge in [0.05, 0.1) is 6.04 Å². The van der Waals surface area contributed by atoms with Crippen molar-refractivity contribution in [1.82, 2.24) is 0 Å². The molecule has 0 heterocycles. The van der Waals surface area contributed by atoms with Crippen molar-refractivity contribution in [2.45, 2.75) is 25.3 Å². The summed E-state index contributed by atoms with van der Waals surface area (Å²) in [6.07, 6.45) is 7.39. The van der Waals surface area contributed by atoms with Crippen LogP contribution in [0.25, 0.3) is 0 Å². The van der Waals surface area contributed by atoms with Gasteiger partial charge in [-0.25, -0.2) is 4.99 Å². The van der Waals surface area contributed by atoms with E-state index >= 15 is 0 Å². The molecule has 5 nitrogen and oxygen atoms in total. The molecule has 13 heavy (non-hydrogen) atoms. The molecule has 1 aliphatic carbocycles. The van der Waals surface area contributed by atoms with Crippen molar-refractivity contribution in [2.75, 3.05) is 0 Å². The maximum Gasteiger partial charge on any atom is 0.219 e. The summed E-state index contributed by atoms with van der Waals surface area (Å²) in [4.78, 5) is 7.77. The number of hydrogen-bond acceptors (Lipinski definition) is 1. The molecular weight excluding hydrogens is 166 g/mol. The Bertz CT molecular complexity index is 249. The highest BCUT2D eigenvalue weighted by Gasteiger charge is 2.06. The van der Waals surface area contributed by atoms with Crippen molar-refractivity contribution in [3.63, 3.8) is 0 Å². The number of nitrogens with zero attached hydrogens (tertiary/aromatic N) is 2. The fourth-order valence-electron chi connectivity index (χ4n) is 1.23. The maximum absolute atomic E-state index is 5.47. The standard InChI is InChI=1S/C8H15N5/c9-7(10)13-8(11)12-6-4-2-1-3-5-6/h2,4,6H,1,3,5H2,(H6,9,10,11,12,13). The second-order valence-electron chi connectivity index (χ2n) is 2.95. The van der Waals surface area contributed by atoms with Gasteiger partial charge in [-0.3, -0.25) is 0 Å². The Balaban J connectivity index is 2.58. The van der Waals surface area contributed by atoms with Crippen LogP contribution in [0, 0.1) is 0 Å². The van der Waals surface area contributed by atoms with Crippen molar-refractivity contribution in [1.29, 1.82) is 0 Å². The summed E-state index contributed by atoms with van der Waals surface area (Å²) in [7, 11) is 0. The number of aliphatic imine (C=N–C) groups is 2. The second kappa shape index (κ2) is 4.49. The maximum atomic E-state index is 5.47. The molecule has 0 aromatic rings. The molecule has 72 valence electrons. The molecule has 0 radical (unpaired) electrons. The van der Waals surface area contributed by atoms with Crippen LogP contribution < -0.4 is 17.2 Å². The highest BCUT2D eigenvalue weighted by molar-refractivity contribution is 5.92. The third-order valence-corrected chi connectivity index (χ3v) is 1.77. The molecule has 0 spiro atoms. The van der Waals surface area contributed by atoms with Crippen LogP contribution in [0.15, 0.2) is 22.1 Å². The summed E-state index contributed by atoms with van der Waals surface area (Å²) in [5.74, 6) is 0.0950. The first kappa shape index (κ1) is 9.57. The van der Waals surface area contributed by atoms with E-state index in [0.29, 0.717) is 0 Å². The average Bonchev–Trinajstić information content (AvgIpc) is 2.04. The van der Waals surface area contributed by atoms with E-state index in [9.17, 15) is 0 Å². The van der Waals surface area contributed by atoms with E-state index < -0.39 is 0 Å². The zero-order valence-corrected chi connectivity index (χ0v) is 7.48. The predicted molar refractivity (Wildman–Crippen MR) is 54.2 cm³/mol. The summed E-state index contributed by atoms with van der Waals surface area (Å²) in [5, 5.41) is 0. The van der Waals surface area contributed by atoms with Gasteiger partial charge in [0.25, 0.3) is 0 Å². The molecule has 0 aromatic carbocycles. The Hall–Kier alpha value is -1.52. The molecule has 1 aliphatic rings. The zero-order chi connectivity index (χ0) is 9.68. The van der Waals surface area contributed by atoms with Crippen molar-refractivity contribution in [3.8, 4) is 0 Å². The molecule has 6 N–H and O–H groups in total. The second-order valence-corrected chi connectivity index (χ2v) is 2.95. The highest BCUT2D eigenvalue weighted by atomic mass is 15.1. The van der Waals surface area contributed by atoms with Crippen LogP contribution in [-0.4, -0.2) is 18.0 Å². The van der Waals surface area contributed by atoms with E-state index in [-0.39, 0.29) is 18.0 Å². The Morgan fingerprint density at radius 3 is 2.62 bits per heavy atom. The van der Waals surface area contributed by atoms with Crippen molar-refractivity contribution in [3.05, 3.63) is 12.2 Å². The Morgan fingerprint density at radius 1 is 1.31 bits per heavy atom. The molecule has 0 saturated carbocycles. The largest absolute Gasteiger partial charge is 0.370 e. The Morgan fingerprint density at radius 2 is 2.08 bits per heavy atom. The predicted octanol–water partition coefficient (Wildman–Crippen LogP) is -0.317. The van der Waals surface area contributed by atoms with Crippen LogP contribution >= 0.6 is 0 Å². The average molecular weight is 181 g/mol. The minimum absolute atomic E-state index is 0.0546. The van der Waals surface area contributed by atoms with Gasteiger partial charge in [-0.2, -0.15) is 4.99 Å². The van der Waals surface area contributed by atoms with E-state index in [4.69, 9.17) is 17.2 Å². The van der Waals surface area contributed by atoms with Crippen LogP contribution in [0.4, 0.5) is 0 Å². The molecule has 0 aromatic heterocycles. The van der Waals surface area contributed by atoms with Crippen LogP contribution in [0.2, 0.25) is 0 Å². The number of guanidine groups is 2. The van der Waals surface area contributed by atoms with Crippen molar-refractivity contribution < 1.29 is 0 Å². The van der Waals surface area contributed by atoms with E-state index in [1.165, 1.54) is 0 Å². The number of nitrogens with two attached hydrogens (primary N) is 3. The van der Waals surface area contributed by atoms with E-state index in [0.717, 1.165) is 19.3 Å². The molecular formula is C8H15N5. The van der Waals surface area contributed by atoms with E-state index in [2.05, 4.69) is 16.1 Å². The number of allylic oxidation sites excluding steroid dienone is 1. The van der Waals surface area contributed by atoms with Gasteiger partial charge in [-0.05, 0) is 19.3 Å². The SMILES string of the molecule is NC(N)=N/C(N)=N\C1C=CCCC1. The fourth-order valence-corrected chi connectivity index (χ4v) is 1.23. The Labute approximate surface area is 77.4 Å². The summed E-state index contributed by atoms with van der Waals surface area (Å²) < 4.78 is 0. The fraction of sp³-hybridized carbons (Fsp3) is 0.500. The quantitative estimate of drug-likeness (QED) is 0.293. The van der Waals surface area contributed by atoms with Crippen LogP contribution in [0.5, 0.6) is 0 Å². The third kappa shape index (κ3) is 3.59. The smallest absolute Gasteiger partial charge is 0.219 e. The van der Waals surface area contributed by atoms with Crippen molar-refractivity contribution >= 4 is 11.9 Å². The van der Waals surface area contributed by atoms with Gasteiger partial charge in [0.1, 0.15) is 0 Å². The van der Waals surface area contributed by atoms with Gasteiger partial charge in [-0.1, -0.05) is 12.2 Å². The molecule has 0 aliphatic heterocycles. The van der Waals surface area contributed by atoms with Crippen LogP contribution in [0.3, 0.4) is 0 Å². The van der Waals surface area contributed by atoms with Gasteiger partial charge in [0.15, 0.2) is 5.96 Å². The molecule has 0 saturated heterocycles. The molecule has 1 rings (SSSR count). The van der Waals surface area contributed by atoms with Crippen LogP contribution in [0.1, 0.15) is 19.3 Å². The lowest BCUT2D eigenvalue weighted by atomic mass is 10.0. The number of rotatable bonds is 1. The van der Waals surface area contributed by atoms with Crippen LogP contribution in [-0.2, 0) is 0 Å². The topological polar surface area (TPSA) is 103 Å². The lowest BCUT2D eigenvalue weighted by molar-refractivity contribution is 0.646. The number of hydrogen-bond donors (Lipinski definition) is 3. The molecule has 1 unspecified atom stereocenters. The Kier molecular flexibility index (Phi) is 3.31. The van der Waals surface area contributed by atoms with E-state index in [1.807, 2.05) is 6.08 Å². The first-order valence-corrected chi connectivity index (χ1v) is 4.28. The molecule has 0 amide bonds. The highest BCUT2D eigenvalue weighted by Crippen LogP contribution is 2.13.